The van der Waals surface area contributed by atoms with E-state index in [1.54, 1.807) is 0 Å². The van der Waals surface area contributed by atoms with E-state index in [1.807, 2.05) is 17.9 Å². The molecule has 1 atom stereocenters. The molecule has 0 saturated carbocycles. The van der Waals surface area contributed by atoms with Crippen molar-refractivity contribution in [3.05, 3.63) is 47.8 Å². The Morgan fingerprint density at radius 3 is 2.40 bits per heavy atom. The molecule has 108 valence electrons. The van der Waals surface area contributed by atoms with Crippen LogP contribution in [0.25, 0.3) is 0 Å². The third-order valence-corrected chi connectivity index (χ3v) is 3.40. The first-order valence-electron chi connectivity index (χ1n) is 7.11. The zero-order valence-electron chi connectivity index (χ0n) is 12.8. The second-order valence-corrected chi connectivity index (χ2v) is 5.32. The minimum atomic E-state index is 0.208. The molecule has 0 aliphatic carbocycles. The van der Waals surface area contributed by atoms with Crippen molar-refractivity contribution in [1.29, 1.82) is 0 Å². The van der Waals surface area contributed by atoms with Gasteiger partial charge in [0, 0.05) is 38.6 Å². The van der Waals surface area contributed by atoms with Crippen molar-refractivity contribution in [2.24, 2.45) is 7.05 Å². The average molecular weight is 272 g/mol. The Morgan fingerprint density at radius 1 is 1.20 bits per heavy atom. The van der Waals surface area contributed by atoms with Gasteiger partial charge in [0.2, 0.25) is 0 Å². The molecule has 0 aliphatic heterocycles. The van der Waals surface area contributed by atoms with Gasteiger partial charge in [0.25, 0.3) is 0 Å². The van der Waals surface area contributed by atoms with Crippen LogP contribution < -0.4 is 10.2 Å². The van der Waals surface area contributed by atoms with Crippen LogP contribution in [0.4, 0.5) is 5.69 Å². The first-order valence-corrected chi connectivity index (χ1v) is 7.11. The smallest absolute Gasteiger partial charge is 0.0607 e. The molecular formula is C16H24N4. The number of rotatable bonds is 6. The number of aromatic nitrogens is 2. The maximum atomic E-state index is 4.29. The highest BCUT2D eigenvalue weighted by molar-refractivity contribution is 5.47. The van der Waals surface area contributed by atoms with Crippen molar-refractivity contribution in [3.63, 3.8) is 0 Å². The Morgan fingerprint density at radius 2 is 1.90 bits per heavy atom. The lowest BCUT2D eigenvalue weighted by atomic mass is 10.0. The Bertz CT molecular complexity index is 528. The summed E-state index contributed by atoms with van der Waals surface area (Å²) in [7, 11) is 6.07. The zero-order valence-corrected chi connectivity index (χ0v) is 12.8. The largest absolute Gasteiger partial charge is 0.378 e. The second kappa shape index (κ2) is 6.57. The van der Waals surface area contributed by atoms with Crippen LogP contribution in [0, 0.1) is 0 Å². The fourth-order valence-corrected chi connectivity index (χ4v) is 2.27. The predicted octanol–water partition coefficient (Wildman–Crippen LogP) is 2.58. The number of anilines is 1. The van der Waals surface area contributed by atoms with Crippen LogP contribution >= 0.6 is 0 Å². The number of hydrogen-bond acceptors (Lipinski definition) is 3. The molecule has 0 saturated heterocycles. The Kier molecular flexibility index (Phi) is 4.79. The number of nitrogens with zero attached hydrogens (tertiary/aromatic N) is 3. The Hall–Kier alpha value is -1.81. The highest BCUT2D eigenvalue weighted by Crippen LogP contribution is 2.23. The number of hydrogen-bond donors (Lipinski definition) is 1. The molecule has 4 heteroatoms. The molecule has 1 unspecified atom stereocenters. The summed E-state index contributed by atoms with van der Waals surface area (Å²) in [5, 5.41) is 7.88. The molecular weight excluding hydrogens is 248 g/mol. The van der Waals surface area contributed by atoms with Crippen molar-refractivity contribution in [2.45, 2.75) is 19.4 Å². The number of aryl methyl sites for hydroxylation is 1. The van der Waals surface area contributed by atoms with E-state index in [9.17, 15) is 0 Å². The van der Waals surface area contributed by atoms with Crippen LogP contribution in [0.1, 0.15) is 30.5 Å². The van der Waals surface area contributed by atoms with Crippen molar-refractivity contribution >= 4 is 5.69 Å². The van der Waals surface area contributed by atoms with Gasteiger partial charge in [0.15, 0.2) is 0 Å². The van der Waals surface area contributed by atoms with Crippen LogP contribution in [0.3, 0.4) is 0 Å². The highest BCUT2D eigenvalue weighted by Gasteiger charge is 2.14. The molecule has 4 nitrogen and oxygen atoms in total. The summed E-state index contributed by atoms with van der Waals surface area (Å²) in [6.45, 7) is 3.18. The van der Waals surface area contributed by atoms with Gasteiger partial charge in [-0.15, -0.1) is 0 Å². The van der Waals surface area contributed by atoms with Gasteiger partial charge in [-0.3, -0.25) is 4.68 Å². The molecule has 1 aromatic heterocycles. The highest BCUT2D eigenvalue weighted by atomic mass is 15.2. The van der Waals surface area contributed by atoms with Gasteiger partial charge >= 0.3 is 0 Å². The van der Waals surface area contributed by atoms with E-state index < -0.39 is 0 Å². The Labute approximate surface area is 121 Å². The SMILES string of the molecule is CCCNC(c1ccc(N(C)C)cc1)c1cnn(C)c1. The van der Waals surface area contributed by atoms with Crippen molar-refractivity contribution < 1.29 is 0 Å². The van der Waals surface area contributed by atoms with E-state index in [-0.39, 0.29) is 6.04 Å². The van der Waals surface area contributed by atoms with Gasteiger partial charge in [-0.1, -0.05) is 19.1 Å². The van der Waals surface area contributed by atoms with Crippen LogP contribution in [-0.2, 0) is 7.05 Å². The molecule has 2 rings (SSSR count). The van der Waals surface area contributed by atoms with Crippen LogP contribution in [0.2, 0.25) is 0 Å². The minimum Gasteiger partial charge on any atom is -0.378 e. The van der Waals surface area contributed by atoms with Gasteiger partial charge in [0.05, 0.1) is 12.2 Å². The molecule has 2 aromatic rings. The first-order chi connectivity index (χ1) is 9.61. The topological polar surface area (TPSA) is 33.1 Å². The fraction of sp³-hybridized carbons (Fsp3) is 0.438. The van der Waals surface area contributed by atoms with Crippen LogP contribution in [-0.4, -0.2) is 30.4 Å². The van der Waals surface area contributed by atoms with E-state index in [4.69, 9.17) is 0 Å². The monoisotopic (exact) mass is 272 g/mol. The van der Waals surface area contributed by atoms with E-state index >= 15 is 0 Å². The van der Waals surface area contributed by atoms with Crippen molar-refractivity contribution in [3.8, 4) is 0 Å². The molecule has 1 N–H and O–H groups in total. The molecule has 0 fully saturated rings. The molecule has 0 radical (unpaired) electrons. The van der Waals surface area contributed by atoms with Crippen LogP contribution in [0.15, 0.2) is 36.7 Å². The molecule has 1 heterocycles. The second-order valence-electron chi connectivity index (χ2n) is 5.32. The summed E-state index contributed by atoms with van der Waals surface area (Å²) >= 11 is 0. The van der Waals surface area contributed by atoms with Crippen molar-refractivity contribution in [1.82, 2.24) is 15.1 Å². The third kappa shape index (κ3) is 3.39. The van der Waals surface area contributed by atoms with E-state index in [2.05, 4.69) is 66.8 Å². The maximum Gasteiger partial charge on any atom is 0.0607 e. The van der Waals surface area contributed by atoms with Gasteiger partial charge in [0.1, 0.15) is 0 Å². The molecule has 0 aliphatic rings. The lowest BCUT2D eigenvalue weighted by Crippen LogP contribution is -2.23. The minimum absolute atomic E-state index is 0.208. The standard InChI is InChI=1S/C16H24N4/c1-5-10-17-16(14-11-18-20(4)12-14)13-6-8-15(9-7-13)19(2)3/h6-9,11-12,16-17H,5,10H2,1-4H3. The summed E-state index contributed by atoms with van der Waals surface area (Å²) in [5.41, 5.74) is 3.70. The lowest BCUT2D eigenvalue weighted by Gasteiger charge is -2.19. The summed E-state index contributed by atoms with van der Waals surface area (Å²) < 4.78 is 1.85. The van der Waals surface area contributed by atoms with Crippen LogP contribution in [0.5, 0.6) is 0 Å². The summed E-state index contributed by atoms with van der Waals surface area (Å²) in [6.07, 6.45) is 5.13. The first kappa shape index (κ1) is 14.6. The molecule has 0 amide bonds. The van der Waals surface area contributed by atoms with Crippen molar-refractivity contribution in [2.75, 3.05) is 25.5 Å². The zero-order chi connectivity index (χ0) is 14.5. The summed E-state index contributed by atoms with van der Waals surface area (Å²) in [6, 6.07) is 8.91. The molecule has 0 spiro atoms. The van der Waals surface area contributed by atoms with Gasteiger partial charge < -0.3 is 10.2 Å². The maximum absolute atomic E-state index is 4.29. The fourth-order valence-electron chi connectivity index (χ4n) is 2.27. The van der Waals surface area contributed by atoms with Gasteiger partial charge in [-0.2, -0.15) is 5.10 Å². The Balaban J connectivity index is 2.26. The number of benzene rings is 1. The average Bonchev–Trinajstić information content (AvgIpc) is 2.86. The predicted molar refractivity (Wildman–Crippen MR) is 84.1 cm³/mol. The molecule has 20 heavy (non-hydrogen) atoms. The van der Waals surface area contributed by atoms with Gasteiger partial charge in [-0.25, -0.2) is 0 Å². The summed E-state index contributed by atoms with van der Waals surface area (Å²) in [4.78, 5) is 2.11. The molecule has 0 bridgehead atoms. The molecule has 1 aromatic carbocycles. The quantitative estimate of drug-likeness (QED) is 0.877. The van der Waals surface area contributed by atoms with E-state index in [0.29, 0.717) is 0 Å². The lowest BCUT2D eigenvalue weighted by molar-refractivity contribution is 0.598. The summed E-state index contributed by atoms with van der Waals surface area (Å²) in [5.74, 6) is 0. The number of nitrogens with one attached hydrogen (secondary N) is 1. The van der Waals surface area contributed by atoms with E-state index in [1.165, 1.54) is 16.8 Å². The van der Waals surface area contributed by atoms with Gasteiger partial charge in [-0.05, 0) is 30.7 Å². The van der Waals surface area contributed by atoms with E-state index in [0.717, 1.165) is 13.0 Å². The normalized spacial score (nSPS) is 12.4. The third-order valence-electron chi connectivity index (χ3n) is 3.40.